The Morgan fingerprint density at radius 1 is 1.17 bits per heavy atom. The molecule has 1 aliphatic rings. The second-order valence-electron chi connectivity index (χ2n) is 7.04. The van der Waals surface area contributed by atoms with Crippen LogP contribution in [0.5, 0.6) is 0 Å². The van der Waals surface area contributed by atoms with Gasteiger partial charge in [-0.1, -0.05) is 24.6 Å². The third-order valence-electron chi connectivity index (χ3n) is 4.91. The van der Waals surface area contributed by atoms with Crippen molar-refractivity contribution in [3.05, 3.63) is 52.5 Å². The van der Waals surface area contributed by atoms with E-state index in [0.29, 0.717) is 30.1 Å². The maximum Gasteiger partial charge on any atom is 0.226 e. The summed E-state index contributed by atoms with van der Waals surface area (Å²) in [4.78, 5) is 26.0. The summed E-state index contributed by atoms with van der Waals surface area (Å²) in [5, 5.41) is 3.06. The smallest absolute Gasteiger partial charge is 0.226 e. The van der Waals surface area contributed by atoms with Gasteiger partial charge < -0.3 is 10.2 Å². The number of nitrogens with one attached hydrogen (secondary N) is 1. The van der Waals surface area contributed by atoms with Crippen LogP contribution in [0.15, 0.2) is 41.3 Å². The highest BCUT2D eigenvalue weighted by molar-refractivity contribution is 7.91. The average molecular weight is 435 g/mol. The fourth-order valence-electron chi connectivity index (χ4n) is 3.30. The van der Waals surface area contributed by atoms with Gasteiger partial charge in [-0.2, -0.15) is 0 Å². The molecule has 1 aliphatic heterocycles. The first-order chi connectivity index (χ1) is 13.7. The second kappa shape index (κ2) is 8.55. The van der Waals surface area contributed by atoms with E-state index in [1.54, 1.807) is 36.1 Å². The van der Waals surface area contributed by atoms with Gasteiger partial charge in [-0.25, -0.2) is 8.42 Å². The van der Waals surface area contributed by atoms with Crippen molar-refractivity contribution < 1.29 is 18.0 Å². The number of benzene rings is 2. The van der Waals surface area contributed by atoms with Crippen LogP contribution in [0.3, 0.4) is 0 Å². The number of hydrogen-bond donors (Lipinski definition) is 1. The summed E-state index contributed by atoms with van der Waals surface area (Å²) in [6.45, 7) is 4.25. The van der Waals surface area contributed by atoms with E-state index in [4.69, 9.17) is 11.6 Å². The summed E-state index contributed by atoms with van der Waals surface area (Å²) in [6.07, 6.45) is 0.848. The first kappa shape index (κ1) is 21.3. The first-order valence-electron chi connectivity index (χ1n) is 9.43. The summed E-state index contributed by atoms with van der Waals surface area (Å²) in [7, 11) is -3.63. The minimum Gasteiger partial charge on any atom is -0.325 e. The molecule has 6 nitrogen and oxygen atoms in total. The molecule has 0 fully saturated rings. The van der Waals surface area contributed by atoms with Gasteiger partial charge in [0.2, 0.25) is 11.8 Å². The Kier molecular flexibility index (Phi) is 6.29. The lowest BCUT2D eigenvalue weighted by atomic mass is 10.2. The molecule has 0 spiro atoms. The Balaban J connectivity index is 1.67. The van der Waals surface area contributed by atoms with E-state index in [1.165, 1.54) is 6.07 Å². The van der Waals surface area contributed by atoms with Crippen LogP contribution >= 0.6 is 11.6 Å². The third-order valence-corrected chi connectivity index (χ3v) is 6.93. The largest absolute Gasteiger partial charge is 0.325 e. The van der Waals surface area contributed by atoms with E-state index in [1.807, 2.05) is 13.0 Å². The zero-order valence-electron chi connectivity index (χ0n) is 16.4. The van der Waals surface area contributed by atoms with E-state index in [9.17, 15) is 18.0 Å². The predicted octanol–water partition coefficient (Wildman–Crippen LogP) is 3.75. The molecule has 0 saturated heterocycles. The summed E-state index contributed by atoms with van der Waals surface area (Å²) in [5.74, 6) is -0.704. The van der Waals surface area contributed by atoms with Gasteiger partial charge in [0.15, 0.2) is 9.84 Å². The Morgan fingerprint density at radius 2 is 1.93 bits per heavy atom. The highest BCUT2D eigenvalue weighted by Gasteiger charge is 2.26. The summed E-state index contributed by atoms with van der Waals surface area (Å²) in [5.41, 5.74) is 3.02. The van der Waals surface area contributed by atoms with Crippen LogP contribution in [0.2, 0.25) is 5.02 Å². The van der Waals surface area contributed by atoms with E-state index >= 15 is 0 Å². The van der Waals surface area contributed by atoms with Gasteiger partial charge in [0, 0.05) is 25.1 Å². The van der Waals surface area contributed by atoms with Crippen LogP contribution in [-0.4, -0.2) is 32.5 Å². The van der Waals surface area contributed by atoms with Crippen molar-refractivity contribution >= 4 is 44.6 Å². The summed E-state index contributed by atoms with van der Waals surface area (Å²) < 4.78 is 25.4. The number of rotatable bonds is 6. The van der Waals surface area contributed by atoms with E-state index in [2.05, 4.69) is 5.32 Å². The molecular formula is C21H23ClN2O4S. The number of halogens is 1. The van der Waals surface area contributed by atoms with Crippen molar-refractivity contribution in [2.45, 2.75) is 38.0 Å². The molecule has 0 aromatic heterocycles. The molecule has 0 atom stereocenters. The number of carbonyl (C=O) groups excluding carboxylic acids is 2. The fraction of sp³-hybridized carbons (Fsp3) is 0.333. The number of nitrogens with zero attached hydrogens (tertiary/aromatic N) is 1. The third kappa shape index (κ3) is 4.79. The van der Waals surface area contributed by atoms with Gasteiger partial charge in [0.1, 0.15) is 0 Å². The maximum absolute atomic E-state index is 12.7. The molecule has 0 bridgehead atoms. The lowest BCUT2D eigenvalue weighted by Gasteiger charge is -2.16. The highest BCUT2D eigenvalue weighted by atomic mass is 35.5. The van der Waals surface area contributed by atoms with Gasteiger partial charge in [0.25, 0.3) is 0 Å². The normalized spacial score (nSPS) is 13.3. The maximum atomic E-state index is 12.7. The molecule has 0 unspecified atom stereocenters. The predicted molar refractivity (Wildman–Crippen MR) is 114 cm³/mol. The van der Waals surface area contributed by atoms with Crippen LogP contribution in [0, 0.1) is 6.92 Å². The molecule has 3 rings (SSSR count). The zero-order chi connectivity index (χ0) is 21.2. The Morgan fingerprint density at radius 3 is 2.62 bits per heavy atom. The molecule has 2 amide bonds. The van der Waals surface area contributed by atoms with Crippen LogP contribution in [0.1, 0.15) is 30.9 Å². The molecule has 2 aromatic carbocycles. The van der Waals surface area contributed by atoms with Crippen molar-refractivity contribution in [2.75, 3.05) is 22.5 Å². The monoisotopic (exact) mass is 434 g/mol. The lowest BCUT2D eigenvalue weighted by molar-refractivity contribution is -0.118. The number of fused-ring (bicyclic) bond motifs is 1. The molecular weight excluding hydrogens is 412 g/mol. The minimum atomic E-state index is -3.63. The van der Waals surface area contributed by atoms with Gasteiger partial charge in [0.05, 0.1) is 21.4 Å². The number of anilines is 2. The molecule has 0 radical (unpaired) electrons. The Bertz CT molecular complexity index is 1070. The topological polar surface area (TPSA) is 83.6 Å². The molecule has 2 aromatic rings. The quantitative estimate of drug-likeness (QED) is 0.750. The van der Waals surface area contributed by atoms with E-state index < -0.39 is 15.7 Å². The standard InChI is InChI=1S/C21H23ClN2O4S/c1-3-21(26)24-10-8-15-13-16(5-7-19(15)24)29(27,28)11-9-20(25)23-18-6-4-14(2)12-17(18)22/h4-7,12-13H,3,8-11H2,1-2H3,(H,23,25). The molecule has 1 N–H and O–H groups in total. The van der Waals surface area contributed by atoms with Crippen molar-refractivity contribution in [3.63, 3.8) is 0 Å². The Labute approximate surface area is 175 Å². The molecule has 154 valence electrons. The molecule has 8 heteroatoms. The number of amides is 2. The van der Waals surface area contributed by atoms with Crippen LogP contribution in [-0.2, 0) is 25.8 Å². The highest BCUT2D eigenvalue weighted by Crippen LogP contribution is 2.31. The molecule has 1 heterocycles. The average Bonchev–Trinajstić information content (AvgIpc) is 3.11. The Hall–Kier alpha value is -2.38. The molecule has 0 aliphatic carbocycles. The lowest BCUT2D eigenvalue weighted by Crippen LogP contribution is -2.27. The van der Waals surface area contributed by atoms with Crippen molar-refractivity contribution in [1.82, 2.24) is 0 Å². The van der Waals surface area contributed by atoms with Gasteiger partial charge in [-0.3, -0.25) is 9.59 Å². The van der Waals surface area contributed by atoms with E-state index in [-0.39, 0.29) is 23.0 Å². The molecule has 0 saturated carbocycles. The first-order valence-corrected chi connectivity index (χ1v) is 11.5. The summed E-state index contributed by atoms with van der Waals surface area (Å²) in [6, 6.07) is 10.0. The van der Waals surface area contributed by atoms with Gasteiger partial charge in [-0.15, -0.1) is 0 Å². The minimum absolute atomic E-state index is 0.0193. The second-order valence-corrected chi connectivity index (χ2v) is 9.56. The summed E-state index contributed by atoms with van der Waals surface area (Å²) >= 11 is 6.10. The number of hydrogen-bond acceptors (Lipinski definition) is 4. The number of carbonyl (C=O) groups is 2. The van der Waals surface area contributed by atoms with Crippen molar-refractivity contribution in [2.24, 2.45) is 0 Å². The van der Waals surface area contributed by atoms with Crippen LogP contribution < -0.4 is 10.2 Å². The number of aryl methyl sites for hydroxylation is 1. The van der Waals surface area contributed by atoms with Gasteiger partial charge in [-0.05, 0) is 54.8 Å². The van der Waals surface area contributed by atoms with Gasteiger partial charge >= 0.3 is 0 Å². The van der Waals surface area contributed by atoms with Crippen molar-refractivity contribution in [3.8, 4) is 0 Å². The van der Waals surface area contributed by atoms with Crippen LogP contribution in [0.25, 0.3) is 0 Å². The van der Waals surface area contributed by atoms with E-state index in [0.717, 1.165) is 16.8 Å². The number of sulfone groups is 1. The van der Waals surface area contributed by atoms with Crippen LogP contribution in [0.4, 0.5) is 11.4 Å². The fourth-order valence-corrected chi connectivity index (χ4v) is 4.87. The van der Waals surface area contributed by atoms with Crippen molar-refractivity contribution in [1.29, 1.82) is 0 Å². The SMILES string of the molecule is CCC(=O)N1CCc2cc(S(=O)(=O)CCC(=O)Nc3ccc(C)cc3Cl)ccc21. The molecule has 29 heavy (non-hydrogen) atoms. The zero-order valence-corrected chi connectivity index (χ0v) is 17.9.